The highest BCUT2D eigenvalue weighted by Crippen LogP contribution is 2.28. The third-order valence-electron chi connectivity index (χ3n) is 5.70. The number of likely N-dealkylation sites (N-methyl/N-ethyl adjacent to an activating group) is 1. The number of amides is 2. The lowest BCUT2D eigenvalue weighted by Gasteiger charge is -2.33. The maximum Gasteiger partial charge on any atom is 0.244 e. The van der Waals surface area contributed by atoms with Gasteiger partial charge < -0.3 is 10.2 Å². The number of nitrogens with zero attached hydrogens (tertiary/aromatic N) is 2. The molecule has 0 aliphatic heterocycles. The van der Waals surface area contributed by atoms with Crippen molar-refractivity contribution in [3.63, 3.8) is 0 Å². The van der Waals surface area contributed by atoms with Crippen molar-refractivity contribution < 1.29 is 22.4 Å². The number of sulfonamides is 1. The summed E-state index contributed by atoms with van der Waals surface area (Å²) in [6.45, 7) is -0.780. The number of hydrogen-bond acceptors (Lipinski definition) is 4. The number of carbonyl (C=O) groups is 2. The maximum atomic E-state index is 13.8. The highest BCUT2D eigenvalue weighted by Gasteiger charge is 2.33. The van der Waals surface area contributed by atoms with Crippen LogP contribution < -0.4 is 9.62 Å². The van der Waals surface area contributed by atoms with Gasteiger partial charge in [-0.15, -0.1) is 0 Å². The van der Waals surface area contributed by atoms with Gasteiger partial charge >= 0.3 is 0 Å². The van der Waals surface area contributed by atoms with E-state index in [-0.39, 0.29) is 18.7 Å². The van der Waals surface area contributed by atoms with Gasteiger partial charge in [0, 0.05) is 35.6 Å². The summed E-state index contributed by atoms with van der Waals surface area (Å²) in [4.78, 5) is 28.1. The summed E-state index contributed by atoms with van der Waals surface area (Å²) in [5, 5.41) is 3.17. The first-order chi connectivity index (χ1) is 17.5. The molecule has 2 amide bonds. The fourth-order valence-corrected chi connectivity index (χ4v) is 5.16. The minimum atomic E-state index is -3.95. The highest BCUT2D eigenvalue weighted by atomic mass is 35.5. The second-order valence-electron chi connectivity index (χ2n) is 8.29. The van der Waals surface area contributed by atoms with Gasteiger partial charge in [0.1, 0.15) is 18.4 Å². The summed E-state index contributed by atoms with van der Waals surface area (Å²) >= 11 is 12.8. The molecule has 7 nitrogen and oxygen atoms in total. The first kappa shape index (κ1) is 28.4. The Kier molecular flexibility index (Phi) is 9.53. The molecule has 0 radical (unpaired) electrons. The molecule has 37 heavy (non-hydrogen) atoms. The molecule has 196 valence electrons. The molecule has 0 aliphatic carbocycles. The van der Waals surface area contributed by atoms with E-state index in [9.17, 15) is 22.4 Å². The third kappa shape index (κ3) is 7.44. The lowest BCUT2D eigenvalue weighted by Crippen LogP contribution is -2.53. The van der Waals surface area contributed by atoms with Crippen LogP contribution in [0.25, 0.3) is 0 Å². The van der Waals surface area contributed by atoms with Gasteiger partial charge in [0.05, 0.1) is 11.9 Å². The van der Waals surface area contributed by atoms with Crippen LogP contribution in [0.3, 0.4) is 0 Å². The normalized spacial score (nSPS) is 12.0. The molecule has 3 aromatic rings. The van der Waals surface area contributed by atoms with Gasteiger partial charge in [-0.25, -0.2) is 12.8 Å². The van der Waals surface area contributed by atoms with Crippen LogP contribution in [0.15, 0.2) is 72.8 Å². The molecule has 0 bridgehead atoms. The average molecular weight is 566 g/mol. The molecular formula is C26H26Cl2FN3O4S. The predicted molar refractivity (Wildman–Crippen MR) is 144 cm³/mol. The van der Waals surface area contributed by atoms with E-state index in [0.29, 0.717) is 15.6 Å². The largest absolute Gasteiger partial charge is 0.357 e. The third-order valence-corrected chi connectivity index (χ3v) is 7.55. The van der Waals surface area contributed by atoms with Crippen molar-refractivity contribution in [2.75, 3.05) is 24.2 Å². The molecule has 3 rings (SSSR count). The fourth-order valence-electron chi connectivity index (χ4n) is 3.80. The number of nitrogens with one attached hydrogen (secondary N) is 1. The molecule has 0 heterocycles. The van der Waals surface area contributed by atoms with Gasteiger partial charge in [-0.05, 0) is 42.0 Å². The van der Waals surface area contributed by atoms with Crippen molar-refractivity contribution in [3.8, 4) is 0 Å². The molecule has 1 N–H and O–H groups in total. The molecule has 3 aromatic carbocycles. The van der Waals surface area contributed by atoms with Crippen molar-refractivity contribution in [1.29, 1.82) is 0 Å². The van der Waals surface area contributed by atoms with Gasteiger partial charge in [-0.3, -0.25) is 13.9 Å². The fraction of sp³-hybridized carbons (Fsp3) is 0.231. The SMILES string of the molecule is CNC(=O)[C@H](Cc1ccccc1)N(Cc1c(Cl)cccc1Cl)C(=O)CN(c1ccc(F)cc1)S(C)(=O)=O. The average Bonchev–Trinajstić information content (AvgIpc) is 2.86. The summed E-state index contributed by atoms with van der Waals surface area (Å²) in [6, 6.07) is 17.7. The van der Waals surface area contributed by atoms with Crippen LogP contribution in [0.2, 0.25) is 10.0 Å². The van der Waals surface area contributed by atoms with Crippen molar-refractivity contribution >= 4 is 50.7 Å². The van der Waals surface area contributed by atoms with Crippen LogP contribution in [0.1, 0.15) is 11.1 Å². The van der Waals surface area contributed by atoms with Crippen LogP contribution in [-0.4, -0.2) is 51.0 Å². The quantitative estimate of drug-likeness (QED) is 0.397. The zero-order valence-corrected chi connectivity index (χ0v) is 22.5. The van der Waals surface area contributed by atoms with E-state index in [4.69, 9.17) is 23.2 Å². The number of hydrogen-bond donors (Lipinski definition) is 1. The number of carbonyl (C=O) groups excluding carboxylic acids is 2. The van der Waals surface area contributed by atoms with Crippen molar-refractivity contribution in [3.05, 3.63) is 99.8 Å². The molecule has 0 aliphatic rings. The minimum absolute atomic E-state index is 0.104. The standard InChI is InChI=1S/C26H26Cl2FN3O4S/c1-30-26(34)24(15-18-7-4-3-5-8-18)31(16-21-22(27)9-6-10-23(21)28)25(33)17-32(37(2,35)36)20-13-11-19(29)12-14-20/h3-14,24H,15-17H2,1-2H3,(H,30,34)/t24-/m0/s1. The molecule has 1 atom stereocenters. The van der Waals surface area contributed by atoms with Gasteiger partial charge in [0.15, 0.2) is 0 Å². The minimum Gasteiger partial charge on any atom is -0.357 e. The van der Waals surface area contributed by atoms with E-state index >= 15 is 0 Å². The van der Waals surface area contributed by atoms with Crippen molar-refractivity contribution in [1.82, 2.24) is 10.2 Å². The number of rotatable bonds is 10. The van der Waals surface area contributed by atoms with Gasteiger partial charge in [-0.2, -0.15) is 0 Å². The predicted octanol–water partition coefficient (Wildman–Crippen LogP) is 4.28. The second kappa shape index (κ2) is 12.4. The molecule has 11 heteroatoms. The Morgan fingerprint density at radius 3 is 2.08 bits per heavy atom. The monoisotopic (exact) mass is 565 g/mol. The molecule has 0 spiro atoms. The Morgan fingerprint density at radius 1 is 0.946 bits per heavy atom. The first-order valence-corrected chi connectivity index (χ1v) is 13.8. The zero-order valence-electron chi connectivity index (χ0n) is 20.2. The zero-order chi connectivity index (χ0) is 27.2. The maximum absolute atomic E-state index is 13.8. The van der Waals surface area contributed by atoms with Crippen molar-refractivity contribution in [2.24, 2.45) is 0 Å². The topological polar surface area (TPSA) is 86.8 Å². The van der Waals surface area contributed by atoms with E-state index in [2.05, 4.69) is 5.32 Å². The Balaban J connectivity index is 2.06. The van der Waals surface area contributed by atoms with Crippen LogP contribution >= 0.6 is 23.2 Å². The molecule has 0 aromatic heterocycles. The van der Waals surface area contributed by atoms with Gasteiger partial charge in [0.25, 0.3) is 0 Å². The van der Waals surface area contributed by atoms with Crippen LogP contribution in [0.5, 0.6) is 0 Å². The second-order valence-corrected chi connectivity index (χ2v) is 11.0. The van der Waals surface area contributed by atoms with E-state index in [1.807, 2.05) is 30.3 Å². The summed E-state index contributed by atoms with van der Waals surface area (Å²) in [6.07, 6.45) is 1.10. The Hall–Kier alpha value is -3.14. The number of benzene rings is 3. The summed E-state index contributed by atoms with van der Waals surface area (Å²) in [5.41, 5.74) is 1.30. The molecule has 0 unspecified atom stereocenters. The Labute approximate surface area is 225 Å². The molecule has 0 fully saturated rings. The van der Waals surface area contributed by atoms with Crippen LogP contribution in [0, 0.1) is 5.82 Å². The highest BCUT2D eigenvalue weighted by molar-refractivity contribution is 7.92. The summed E-state index contributed by atoms with van der Waals surface area (Å²) in [7, 11) is -2.50. The number of halogens is 3. The lowest BCUT2D eigenvalue weighted by molar-refractivity contribution is -0.139. The smallest absolute Gasteiger partial charge is 0.244 e. The Morgan fingerprint density at radius 2 is 1.54 bits per heavy atom. The van der Waals surface area contributed by atoms with Crippen LogP contribution in [-0.2, 0) is 32.6 Å². The van der Waals surface area contributed by atoms with E-state index in [0.717, 1.165) is 28.3 Å². The molecular weight excluding hydrogens is 540 g/mol. The van der Waals surface area contributed by atoms with Gasteiger partial charge in [-0.1, -0.05) is 59.6 Å². The van der Waals surface area contributed by atoms with Gasteiger partial charge in [0.2, 0.25) is 21.8 Å². The van der Waals surface area contributed by atoms with E-state index < -0.39 is 40.2 Å². The van der Waals surface area contributed by atoms with Crippen LogP contribution in [0.4, 0.5) is 10.1 Å². The summed E-state index contributed by atoms with van der Waals surface area (Å²) < 4.78 is 39.6. The van der Waals surface area contributed by atoms with E-state index in [1.54, 1.807) is 18.2 Å². The molecule has 0 saturated carbocycles. The lowest BCUT2D eigenvalue weighted by atomic mass is 10.0. The first-order valence-electron chi connectivity index (χ1n) is 11.2. The van der Waals surface area contributed by atoms with E-state index in [1.165, 1.54) is 24.1 Å². The molecule has 0 saturated heterocycles. The van der Waals surface area contributed by atoms with Crippen molar-refractivity contribution in [2.45, 2.75) is 19.0 Å². The summed E-state index contributed by atoms with van der Waals surface area (Å²) in [5.74, 6) is -1.68. The Bertz CT molecular complexity index is 1340. The number of anilines is 1.